The topological polar surface area (TPSA) is 87.9 Å². The molecule has 218 valence electrons. The molecule has 3 aliphatic rings. The molecular weight excluding hydrogens is 594 g/mol. The van der Waals surface area contributed by atoms with Gasteiger partial charge in [-0.05, 0) is 64.2 Å². The first-order valence-corrected chi connectivity index (χ1v) is 13.2. The lowest BCUT2D eigenvalue weighted by molar-refractivity contribution is 0.399. The highest BCUT2D eigenvalue weighted by atomic mass is 19.2. The molecule has 6 nitrogen and oxygen atoms in total. The molecule has 0 radical (unpaired) electrons. The van der Waals surface area contributed by atoms with Gasteiger partial charge < -0.3 is 4.90 Å². The van der Waals surface area contributed by atoms with Crippen LogP contribution in [-0.4, -0.2) is 29.1 Å². The van der Waals surface area contributed by atoms with E-state index in [1.165, 1.54) is 0 Å². The molecule has 45 heavy (non-hydrogen) atoms. The van der Waals surface area contributed by atoms with Crippen LogP contribution >= 0.6 is 0 Å². The summed E-state index contributed by atoms with van der Waals surface area (Å²) in [4.78, 5) is 14.7. The van der Waals surface area contributed by atoms with Crippen LogP contribution in [0.3, 0.4) is 0 Å². The highest BCUT2D eigenvalue weighted by molar-refractivity contribution is 6.54. The van der Waals surface area contributed by atoms with Gasteiger partial charge in [0.1, 0.15) is 11.4 Å². The van der Waals surface area contributed by atoms with Gasteiger partial charge in [-0.15, -0.1) is 0 Å². The van der Waals surface area contributed by atoms with Crippen molar-refractivity contribution in [3.05, 3.63) is 124 Å². The fourth-order valence-electron chi connectivity index (χ4n) is 6.07. The lowest BCUT2D eigenvalue weighted by Crippen LogP contribution is -2.34. The molecule has 12 heteroatoms. The largest absolute Gasteiger partial charge is 0.358 e. The van der Waals surface area contributed by atoms with Gasteiger partial charge in [0.2, 0.25) is 12.4 Å². The Morgan fingerprint density at radius 2 is 1.16 bits per heavy atom. The number of nitriles is 2. The van der Waals surface area contributed by atoms with Gasteiger partial charge >= 0.3 is 0 Å². The van der Waals surface area contributed by atoms with Gasteiger partial charge in [-0.25, -0.2) is 31.3 Å². The Hall–Kier alpha value is -6.01. The summed E-state index contributed by atoms with van der Waals surface area (Å²) < 4.78 is 83.3. The van der Waals surface area contributed by atoms with Crippen molar-refractivity contribution in [1.82, 2.24) is 4.90 Å². The second kappa shape index (κ2) is 10.0. The Kier molecular flexibility index (Phi) is 6.20. The maximum absolute atomic E-state index is 14.0. The van der Waals surface area contributed by atoms with E-state index in [1.807, 2.05) is 0 Å². The SMILES string of the molecule is CN1C2=C(N=C3C(=NC#N)c4cc(-c5cc(F)c(F)c(F)c5)ccc4C31)c1ccc(-c3cc(F)c(F)c(F)c3)cc1C2=NC#N. The molecule has 7 rings (SSSR count). The Morgan fingerprint density at radius 3 is 1.71 bits per heavy atom. The molecule has 0 spiro atoms. The zero-order chi connectivity index (χ0) is 31.7. The van der Waals surface area contributed by atoms with E-state index in [0.717, 1.165) is 24.3 Å². The van der Waals surface area contributed by atoms with E-state index in [2.05, 4.69) is 9.98 Å². The molecule has 4 aromatic rings. The van der Waals surface area contributed by atoms with Crippen LogP contribution in [-0.2, 0) is 0 Å². The van der Waals surface area contributed by atoms with Gasteiger partial charge in [-0.2, -0.15) is 20.5 Å². The molecule has 0 fully saturated rings. The fraction of sp³-hybridized carbons (Fsp3) is 0.0606. The van der Waals surface area contributed by atoms with Crippen molar-refractivity contribution < 1.29 is 26.3 Å². The van der Waals surface area contributed by atoms with Crippen molar-refractivity contribution in [1.29, 1.82) is 10.5 Å². The van der Waals surface area contributed by atoms with Crippen molar-refractivity contribution >= 4 is 22.8 Å². The number of likely N-dealkylation sites (N-methyl/N-ethyl adjacent to an activating group) is 1. The number of halogens is 6. The summed E-state index contributed by atoms with van der Waals surface area (Å²) >= 11 is 0. The van der Waals surface area contributed by atoms with E-state index in [-0.39, 0.29) is 22.6 Å². The first kappa shape index (κ1) is 27.8. The molecule has 0 amide bonds. The van der Waals surface area contributed by atoms with Crippen LogP contribution in [0, 0.1) is 57.8 Å². The number of fused-ring (bicyclic) bond motifs is 5. The molecule has 0 N–H and O–H groups in total. The monoisotopic (exact) mass is 608 g/mol. The van der Waals surface area contributed by atoms with E-state index < -0.39 is 40.9 Å². The molecule has 4 aromatic carbocycles. The quantitative estimate of drug-likeness (QED) is 0.137. The maximum atomic E-state index is 14.0. The fourth-order valence-corrected chi connectivity index (χ4v) is 6.07. The van der Waals surface area contributed by atoms with Crippen molar-refractivity contribution in [2.45, 2.75) is 6.04 Å². The zero-order valence-corrected chi connectivity index (χ0v) is 22.8. The number of nitrogens with zero attached hydrogens (tertiary/aromatic N) is 6. The third-order valence-corrected chi connectivity index (χ3v) is 8.01. The predicted molar refractivity (Wildman–Crippen MR) is 153 cm³/mol. The van der Waals surface area contributed by atoms with Crippen molar-refractivity contribution in [3.8, 4) is 34.6 Å². The normalized spacial score (nSPS) is 17.9. The Morgan fingerprint density at radius 1 is 0.644 bits per heavy atom. The summed E-state index contributed by atoms with van der Waals surface area (Å²) in [7, 11) is 1.73. The first-order chi connectivity index (χ1) is 21.6. The molecule has 1 heterocycles. The Balaban J connectivity index is 1.37. The lowest BCUT2D eigenvalue weighted by atomic mass is 9.98. The Labute approximate surface area is 250 Å². The van der Waals surface area contributed by atoms with Crippen LogP contribution in [0.2, 0.25) is 0 Å². The van der Waals surface area contributed by atoms with Crippen LogP contribution in [0.5, 0.6) is 0 Å². The standard InChI is InChI=1S/C33H14F6N6/c1-45-32-19-5-3-15(17-10-24(36)27(39)25(37)11-17)7-21(19)28(42-12-40)31(32)44-30-18-4-2-14(6-20(18)29(33(30)45)43-13-41)16-8-22(34)26(38)23(35)9-16/h2-11,32H,1H3. The third kappa shape index (κ3) is 4.07. The minimum absolute atomic E-state index is 0.0704. The number of aliphatic imine (C=N–C) groups is 3. The molecule has 0 bridgehead atoms. The van der Waals surface area contributed by atoms with Gasteiger partial charge in [0.15, 0.2) is 34.9 Å². The lowest BCUT2D eigenvalue weighted by Gasteiger charge is -2.32. The summed E-state index contributed by atoms with van der Waals surface area (Å²) in [5, 5.41) is 19.1. The highest BCUT2D eigenvalue weighted by Crippen LogP contribution is 2.48. The van der Waals surface area contributed by atoms with Gasteiger partial charge in [0, 0.05) is 23.7 Å². The van der Waals surface area contributed by atoms with E-state index in [9.17, 15) is 36.9 Å². The number of hydrogen-bond acceptors (Lipinski definition) is 6. The van der Waals surface area contributed by atoms with E-state index in [4.69, 9.17) is 4.99 Å². The molecule has 2 aliphatic carbocycles. The average molecular weight is 609 g/mol. The van der Waals surface area contributed by atoms with Gasteiger partial charge in [-0.1, -0.05) is 24.3 Å². The third-order valence-electron chi connectivity index (χ3n) is 8.01. The number of hydrogen-bond donors (Lipinski definition) is 0. The van der Waals surface area contributed by atoms with Crippen molar-refractivity contribution in [2.24, 2.45) is 15.0 Å². The van der Waals surface area contributed by atoms with Gasteiger partial charge in [0.05, 0.1) is 23.1 Å². The molecule has 1 atom stereocenters. The Bertz CT molecular complexity index is 2190. The van der Waals surface area contributed by atoms with Crippen molar-refractivity contribution in [2.75, 3.05) is 7.05 Å². The van der Waals surface area contributed by atoms with Crippen LogP contribution in [0.15, 0.2) is 81.3 Å². The second-order valence-corrected chi connectivity index (χ2v) is 10.4. The van der Waals surface area contributed by atoms with Crippen LogP contribution in [0.25, 0.3) is 28.0 Å². The van der Waals surface area contributed by atoms with Crippen LogP contribution in [0.4, 0.5) is 26.3 Å². The minimum Gasteiger partial charge on any atom is -0.358 e. The molecular formula is C33H14F6N6. The molecule has 1 aliphatic heterocycles. The summed E-state index contributed by atoms with van der Waals surface area (Å²) in [6, 6.07) is 12.5. The highest BCUT2D eigenvalue weighted by Gasteiger charge is 2.45. The predicted octanol–water partition coefficient (Wildman–Crippen LogP) is 7.22. The minimum atomic E-state index is -1.59. The molecule has 0 saturated carbocycles. The van der Waals surface area contributed by atoms with Gasteiger partial charge in [-0.3, -0.25) is 0 Å². The van der Waals surface area contributed by atoms with Crippen molar-refractivity contribution in [3.63, 3.8) is 0 Å². The van der Waals surface area contributed by atoms with E-state index >= 15 is 0 Å². The number of benzene rings is 4. The van der Waals surface area contributed by atoms with Crippen LogP contribution < -0.4 is 0 Å². The molecule has 1 unspecified atom stereocenters. The van der Waals surface area contributed by atoms with Gasteiger partial charge in [0.25, 0.3) is 0 Å². The van der Waals surface area contributed by atoms with Crippen LogP contribution in [0.1, 0.15) is 28.3 Å². The summed E-state index contributed by atoms with van der Waals surface area (Å²) in [6.45, 7) is 0. The number of rotatable bonds is 2. The summed E-state index contributed by atoms with van der Waals surface area (Å²) in [5.74, 6) is -8.59. The average Bonchev–Trinajstić information content (AvgIpc) is 3.50. The molecule has 0 aromatic heterocycles. The first-order valence-electron chi connectivity index (χ1n) is 13.2. The van der Waals surface area contributed by atoms with E-state index in [0.29, 0.717) is 50.5 Å². The maximum Gasteiger partial charge on any atom is 0.206 e. The number of allylic oxidation sites excluding steroid dienone is 1. The summed E-state index contributed by atoms with van der Waals surface area (Å²) in [5.41, 5.74) is 4.61. The smallest absolute Gasteiger partial charge is 0.206 e. The summed E-state index contributed by atoms with van der Waals surface area (Å²) in [6.07, 6.45) is 3.57. The zero-order valence-electron chi connectivity index (χ0n) is 22.8. The molecule has 0 saturated heterocycles. The van der Waals surface area contributed by atoms with E-state index in [1.54, 1.807) is 60.7 Å². The second-order valence-electron chi connectivity index (χ2n) is 10.4.